The van der Waals surface area contributed by atoms with Crippen LogP contribution in [0.5, 0.6) is 11.5 Å². The Morgan fingerprint density at radius 2 is 1.03 bits per heavy atom. The fourth-order valence-electron chi connectivity index (χ4n) is 5.19. The molecule has 0 amide bonds. The van der Waals surface area contributed by atoms with E-state index >= 15 is 0 Å². The van der Waals surface area contributed by atoms with Gasteiger partial charge in [0.05, 0.1) is 0 Å². The van der Waals surface area contributed by atoms with Crippen LogP contribution in [0.4, 0.5) is 0 Å². The van der Waals surface area contributed by atoms with E-state index in [4.69, 9.17) is 0 Å². The van der Waals surface area contributed by atoms with Gasteiger partial charge < -0.3 is 10.2 Å². The van der Waals surface area contributed by atoms with Gasteiger partial charge in [0, 0.05) is 17.0 Å². The Kier molecular flexibility index (Phi) is 7.73. The maximum atomic E-state index is 11.6. The minimum Gasteiger partial charge on any atom is -0.507 e. The number of hydrogen-bond donors (Lipinski definition) is 2. The van der Waals surface area contributed by atoms with Gasteiger partial charge in [-0.2, -0.15) is 0 Å². The average Bonchev–Trinajstić information content (AvgIpc) is 2.63. The van der Waals surface area contributed by atoms with Gasteiger partial charge in [0.25, 0.3) is 0 Å². The van der Waals surface area contributed by atoms with E-state index in [9.17, 15) is 10.2 Å². The molecule has 2 aromatic rings. The third-order valence-corrected chi connectivity index (χ3v) is 6.72. The lowest BCUT2D eigenvalue weighted by Gasteiger charge is -2.35. The Morgan fingerprint density at radius 1 is 0.667 bits per heavy atom. The quantitative estimate of drug-likeness (QED) is 0.475. The van der Waals surface area contributed by atoms with Crippen LogP contribution in [0.15, 0.2) is 24.3 Å². The summed E-state index contributed by atoms with van der Waals surface area (Å²) >= 11 is 0. The van der Waals surface area contributed by atoms with Gasteiger partial charge in [0.1, 0.15) is 11.5 Å². The second-order valence-electron chi connectivity index (χ2n) is 13.4. The van der Waals surface area contributed by atoms with Crippen LogP contribution in [-0.4, -0.2) is 10.2 Å². The summed E-state index contributed by atoms with van der Waals surface area (Å²) in [5, 5.41) is 23.3. The first kappa shape index (κ1) is 27.3. The van der Waals surface area contributed by atoms with Gasteiger partial charge in [-0.3, -0.25) is 0 Å². The summed E-state index contributed by atoms with van der Waals surface area (Å²) in [6, 6.07) is 8.49. The molecule has 0 radical (unpaired) electrons. The molecule has 0 aliphatic heterocycles. The third kappa shape index (κ3) is 6.34. The minimum atomic E-state index is -0.174. The lowest BCUT2D eigenvalue weighted by atomic mass is 9.69. The summed E-state index contributed by atoms with van der Waals surface area (Å²) in [5.74, 6) is 0.953. The van der Waals surface area contributed by atoms with Gasteiger partial charge in [-0.05, 0) is 53.6 Å². The van der Waals surface area contributed by atoms with E-state index in [-0.39, 0.29) is 28.1 Å². The van der Waals surface area contributed by atoms with Crippen LogP contribution < -0.4 is 0 Å². The zero-order chi connectivity index (χ0) is 25.5. The average molecular weight is 453 g/mol. The number of hydrogen-bond acceptors (Lipinski definition) is 2. The van der Waals surface area contributed by atoms with Crippen molar-refractivity contribution >= 4 is 0 Å². The van der Waals surface area contributed by atoms with Crippen molar-refractivity contribution in [1.29, 1.82) is 0 Å². The number of aromatic hydroxyl groups is 2. The summed E-state index contributed by atoms with van der Waals surface area (Å²) in [6.07, 6.45) is 1.98. The van der Waals surface area contributed by atoms with Crippen molar-refractivity contribution in [3.05, 3.63) is 57.6 Å². The fraction of sp³-hybridized carbons (Fsp3) is 0.613. The second-order valence-corrected chi connectivity index (χ2v) is 13.4. The van der Waals surface area contributed by atoms with Crippen LogP contribution >= 0.6 is 0 Å². The van der Waals surface area contributed by atoms with Crippen LogP contribution in [0.25, 0.3) is 0 Å². The Balaban J connectivity index is 2.95. The number of phenolic OH excluding ortho intramolecular Hbond substituents is 2. The Morgan fingerprint density at radius 3 is 1.30 bits per heavy atom. The summed E-state index contributed by atoms with van der Waals surface area (Å²) in [6.45, 7) is 26.2. The topological polar surface area (TPSA) is 40.5 Å². The monoisotopic (exact) mass is 452 g/mol. The first-order valence-corrected chi connectivity index (χ1v) is 12.5. The molecule has 0 bridgehead atoms. The summed E-state index contributed by atoms with van der Waals surface area (Å²) in [7, 11) is 0. The summed E-state index contributed by atoms with van der Waals surface area (Å²) < 4.78 is 0. The van der Waals surface area contributed by atoms with Gasteiger partial charge in [0.15, 0.2) is 0 Å². The normalized spacial score (nSPS) is 14.1. The first-order chi connectivity index (χ1) is 14.9. The van der Waals surface area contributed by atoms with Crippen molar-refractivity contribution in [2.45, 2.75) is 113 Å². The Labute approximate surface area is 203 Å². The molecule has 2 N–H and O–H groups in total. The second kappa shape index (κ2) is 9.35. The zero-order valence-electron chi connectivity index (χ0n) is 23.3. The van der Waals surface area contributed by atoms with Crippen molar-refractivity contribution in [1.82, 2.24) is 0 Å². The van der Waals surface area contributed by atoms with Crippen molar-refractivity contribution in [2.24, 2.45) is 11.3 Å². The minimum absolute atomic E-state index is 0.0868. The predicted molar refractivity (Wildman–Crippen MR) is 143 cm³/mol. The molecule has 2 nitrogen and oxygen atoms in total. The van der Waals surface area contributed by atoms with Gasteiger partial charge >= 0.3 is 0 Å². The van der Waals surface area contributed by atoms with E-state index in [0.29, 0.717) is 11.5 Å². The van der Waals surface area contributed by atoms with E-state index in [1.807, 2.05) is 0 Å². The van der Waals surface area contributed by atoms with E-state index in [1.165, 1.54) is 0 Å². The van der Waals surface area contributed by atoms with Gasteiger partial charge in [-0.1, -0.05) is 111 Å². The van der Waals surface area contributed by atoms with E-state index in [2.05, 4.69) is 107 Å². The third-order valence-electron chi connectivity index (χ3n) is 6.72. The van der Waals surface area contributed by atoms with Gasteiger partial charge in [-0.15, -0.1) is 0 Å². The Hall–Kier alpha value is -1.96. The van der Waals surface area contributed by atoms with Crippen LogP contribution in [-0.2, 0) is 10.8 Å². The molecule has 2 rings (SSSR count). The number of phenols is 2. The highest BCUT2D eigenvalue weighted by Gasteiger charge is 2.35. The van der Waals surface area contributed by atoms with E-state index < -0.39 is 0 Å². The molecular weight excluding hydrogens is 404 g/mol. The molecule has 0 fully saturated rings. The Bertz CT molecular complexity index is 908. The predicted octanol–water partition coefficient (Wildman–Crippen LogP) is 8.90. The molecule has 0 saturated heterocycles. The molecule has 33 heavy (non-hydrogen) atoms. The molecule has 0 aromatic heterocycles. The van der Waals surface area contributed by atoms with Crippen molar-refractivity contribution in [3.63, 3.8) is 0 Å². The molecule has 0 saturated carbocycles. The highest BCUT2D eigenvalue weighted by molar-refractivity contribution is 5.56. The lowest BCUT2D eigenvalue weighted by Crippen LogP contribution is -2.23. The van der Waals surface area contributed by atoms with Crippen LogP contribution in [0.3, 0.4) is 0 Å². The molecule has 0 heterocycles. The molecule has 2 aromatic carbocycles. The molecular formula is C31H48O2. The van der Waals surface area contributed by atoms with Crippen LogP contribution in [0.2, 0.25) is 0 Å². The number of rotatable bonds is 5. The summed E-state index contributed by atoms with van der Waals surface area (Å²) in [5.41, 5.74) is 5.90. The fourth-order valence-corrected chi connectivity index (χ4v) is 5.19. The van der Waals surface area contributed by atoms with E-state index in [0.717, 1.165) is 46.2 Å². The van der Waals surface area contributed by atoms with Crippen molar-refractivity contribution < 1.29 is 10.2 Å². The van der Waals surface area contributed by atoms with E-state index in [1.54, 1.807) is 0 Å². The molecule has 1 atom stereocenters. The zero-order valence-corrected chi connectivity index (χ0v) is 23.3. The highest BCUT2D eigenvalue weighted by Crippen LogP contribution is 2.50. The smallest absolute Gasteiger partial charge is 0.123 e. The van der Waals surface area contributed by atoms with Crippen LogP contribution in [0.1, 0.15) is 121 Å². The standard InChI is InChI=1S/C31H48O2/c1-13-21(18-29(4,5)6)26(22-14-19(2)16-24(27(22)32)30(7,8)9)23-15-20(3)17-25(28(23)33)31(10,11)12/h14-17,21,26,32-33H,13,18H2,1-12H3. The lowest BCUT2D eigenvalue weighted by molar-refractivity contribution is 0.263. The molecule has 2 heteroatoms. The van der Waals surface area contributed by atoms with Gasteiger partial charge in [0.2, 0.25) is 0 Å². The largest absolute Gasteiger partial charge is 0.507 e. The first-order valence-electron chi connectivity index (χ1n) is 12.5. The number of benzene rings is 2. The molecule has 0 aliphatic rings. The molecule has 0 aliphatic carbocycles. The molecule has 184 valence electrons. The maximum absolute atomic E-state index is 11.6. The maximum Gasteiger partial charge on any atom is 0.123 e. The summed E-state index contributed by atoms with van der Waals surface area (Å²) in [4.78, 5) is 0. The van der Waals surface area contributed by atoms with Crippen LogP contribution in [0, 0.1) is 25.2 Å². The highest BCUT2D eigenvalue weighted by atomic mass is 16.3. The van der Waals surface area contributed by atoms with Crippen molar-refractivity contribution in [2.75, 3.05) is 0 Å². The molecule has 0 spiro atoms. The van der Waals surface area contributed by atoms with Crippen molar-refractivity contribution in [3.8, 4) is 11.5 Å². The SMILES string of the molecule is CCC(CC(C)(C)C)C(c1cc(C)cc(C(C)(C)C)c1O)c1cc(C)cc(C(C)(C)C)c1O. The number of aryl methyl sites for hydroxylation is 2. The van der Waals surface area contributed by atoms with Gasteiger partial charge in [-0.25, -0.2) is 0 Å². The molecule has 1 unspecified atom stereocenters.